The van der Waals surface area contributed by atoms with E-state index in [4.69, 9.17) is 0 Å². The van der Waals surface area contributed by atoms with Crippen LogP contribution in [0.3, 0.4) is 0 Å². The molecule has 0 spiro atoms. The summed E-state index contributed by atoms with van der Waals surface area (Å²) in [7, 11) is 0. The van der Waals surface area contributed by atoms with Crippen molar-refractivity contribution in [3.8, 4) is 0 Å². The van der Waals surface area contributed by atoms with E-state index in [0.29, 0.717) is 0 Å². The molecule has 1 N–H and O–H groups in total. The quantitative estimate of drug-likeness (QED) is 0.806. The highest BCUT2D eigenvalue weighted by Gasteiger charge is 2.28. The van der Waals surface area contributed by atoms with Crippen molar-refractivity contribution < 1.29 is 0 Å². The number of piperazine rings is 1. The van der Waals surface area contributed by atoms with Crippen molar-refractivity contribution in [3.63, 3.8) is 0 Å². The first-order valence-corrected chi connectivity index (χ1v) is 8.30. The maximum atomic E-state index is 3.68. The molecule has 2 rings (SSSR count). The molecular weight excluding hydrogens is 220 g/mol. The Hall–Kier alpha value is -0.0800. The Kier molecular flexibility index (Phi) is 5.97. The Balaban J connectivity index is 1.75. The van der Waals surface area contributed by atoms with E-state index in [2.05, 4.69) is 24.1 Å². The van der Waals surface area contributed by atoms with Crippen LogP contribution in [-0.2, 0) is 0 Å². The van der Waals surface area contributed by atoms with Gasteiger partial charge in [0.2, 0.25) is 0 Å². The Morgan fingerprint density at radius 3 is 2.39 bits per heavy atom. The molecule has 1 aliphatic carbocycles. The molecule has 1 atom stereocenters. The maximum Gasteiger partial charge on any atom is 0.0195 e. The second-order valence-corrected chi connectivity index (χ2v) is 6.40. The van der Waals surface area contributed by atoms with Gasteiger partial charge in [0.1, 0.15) is 0 Å². The van der Waals surface area contributed by atoms with E-state index in [0.717, 1.165) is 18.0 Å². The summed E-state index contributed by atoms with van der Waals surface area (Å²) in [4.78, 5) is 2.79. The van der Waals surface area contributed by atoms with Crippen molar-refractivity contribution in [1.82, 2.24) is 10.2 Å². The van der Waals surface area contributed by atoms with Gasteiger partial charge < -0.3 is 5.32 Å². The molecule has 0 aromatic carbocycles. The van der Waals surface area contributed by atoms with Crippen LogP contribution in [0.5, 0.6) is 0 Å². The number of hydrogen-bond acceptors (Lipinski definition) is 2. The summed E-state index contributed by atoms with van der Waals surface area (Å²) >= 11 is 0. The van der Waals surface area contributed by atoms with Gasteiger partial charge >= 0.3 is 0 Å². The molecule has 1 aliphatic heterocycles. The highest BCUT2D eigenvalue weighted by atomic mass is 15.2. The third-order valence-electron chi connectivity index (χ3n) is 4.95. The molecule has 2 fully saturated rings. The van der Waals surface area contributed by atoms with Crippen LogP contribution in [0.25, 0.3) is 0 Å². The largest absolute Gasteiger partial charge is 0.311 e. The minimum absolute atomic E-state index is 0.761. The Bertz CT molecular complexity index is 219. The topological polar surface area (TPSA) is 15.3 Å². The standard InChI is InChI=1S/C16H32N2/c1-3-5-14-7-9-16(10-8-14)18-12-11-17-15(13-18)6-4-2/h14-17H,3-13H2,1-2H3. The van der Waals surface area contributed by atoms with Crippen LogP contribution in [0.2, 0.25) is 0 Å². The molecule has 1 saturated carbocycles. The molecular formula is C16H32N2. The zero-order valence-electron chi connectivity index (χ0n) is 12.5. The lowest BCUT2D eigenvalue weighted by atomic mass is 9.82. The molecule has 106 valence electrons. The van der Waals surface area contributed by atoms with E-state index >= 15 is 0 Å². The van der Waals surface area contributed by atoms with Gasteiger partial charge in [0.25, 0.3) is 0 Å². The fraction of sp³-hybridized carbons (Fsp3) is 1.00. The zero-order chi connectivity index (χ0) is 12.8. The van der Waals surface area contributed by atoms with E-state index in [1.165, 1.54) is 71.0 Å². The van der Waals surface area contributed by atoms with Crippen molar-refractivity contribution >= 4 is 0 Å². The van der Waals surface area contributed by atoms with Crippen LogP contribution in [0.15, 0.2) is 0 Å². The van der Waals surface area contributed by atoms with Gasteiger partial charge in [0.05, 0.1) is 0 Å². The summed E-state index contributed by atoms with van der Waals surface area (Å²) in [6.07, 6.45) is 11.4. The van der Waals surface area contributed by atoms with E-state index in [1.54, 1.807) is 0 Å². The fourth-order valence-electron chi connectivity index (χ4n) is 3.93. The molecule has 1 saturated heterocycles. The zero-order valence-corrected chi connectivity index (χ0v) is 12.5. The molecule has 1 heterocycles. The van der Waals surface area contributed by atoms with E-state index in [9.17, 15) is 0 Å². The lowest BCUT2D eigenvalue weighted by Crippen LogP contribution is -2.54. The van der Waals surface area contributed by atoms with Crippen molar-refractivity contribution in [2.45, 2.75) is 77.3 Å². The van der Waals surface area contributed by atoms with E-state index in [-0.39, 0.29) is 0 Å². The predicted molar refractivity (Wildman–Crippen MR) is 78.9 cm³/mol. The van der Waals surface area contributed by atoms with Crippen LogP contribution >= 0.6 is 0 Å². The smallest absolute Gasteiger partial charge is 0.0195 e. The number of nitrogens with one attached hydrogen (secondary N) is 1. The normalized spacial score (nSPS) is 34.7. The SMILES string of the molecule is CCCC1CCC(N2CCNC(CCC)C2)CC1. The Labute approximate surface area is 114 Å². The van der Waals surface area contributed by atoms with Gasteiger partial charge in [-0.15, -0.1) is 0 Å². The molecule has 2 aliphatic rings. The number of nitrogens with zero attached hydrogens (tertiary/aromatic N) is 1. The predicted octanol–water partition coefficient (Wildman–Crippen LogP) is 3.42. The van der Waals surface area contributed by atoms with Crippen LogP contribution in [-0.4, -0.2) is 36.6 Å². The maximum absolute atomic E-state index is 3.68. The summed E-state index contributed by atoms with van der Waals surface area (Å²) < 4.78 is 0. The molecule has 2 heteroatoms. The molecule has 2 nitrogen and oxygen atoms in total. The van der Waals surface area contributed by atoms with Crippen molar-refractivity contribution in [1.29, 1.82) is 0 Å². The molecule has 0 bridgehead atoms. The van der Waals surface area contributed by atoms with Crippen molar-refractivity contribution in [2.24, 2.45) is 5.92 Å². The molecule has 18 heavy (non-hydrogen) atoms. The fourth-order valence-corrected chi connectivity index (χ4v) is 3.93. The van der Waals surface area contributed by atoms with Gasteiger partial charge in [-0.25, -0.2) is 0 Å². The van der Waals surface area contributed by atoms with Crippen molar-refractivity contribution in [3.05, 3.63) is 0 Å². The monoisotopic (exact) mass is 252 g/mol. The minimum atomic E-state index is 0.761. The van der Waals surface area contributed by atoms with Gasteiger partial charge in [0.15, 0.2) is 0 Å². The molecule has 0 radical (unpaired) electrons. The molecule has 1 unspecified atom stereocenters. The van der Waals surface area contributed by atoms with Gasteiger partial charge in [-0.2, -0.15) is 0 Å². The third kappa shape index (κ3) is 3.96. The second kappa shape index (κ2) is 7.49. The summed E-state index contributed by atoms with van der Waals surface area (Å²) in [5.41, 5.74) is 0. The van der Waals surface area contributed by atoms with Gasteiger partial charge in [0, 0.05) is 31.7 Å². The highest BCUT2D eigenvalue weighted by molar-refractivity contribution is 4.86. The van der Waals surface area contributed by atoms with Crippen LogP contribution in [0.1, 0.15) is 65.2 Å². The number of hydrogen-bond donors (Lipinski definition) is 1. The minimum Gasteiger partial charge on any atom is -0.311 e. The third-order valence-corrected chi connectivity index (χ3v) is 4.95. The average Bonchev–Trinajstić information content (AvgIpc) is 2.41. The van der Waals surface area contributed by atoms with Crippen molar-refractivity contribution in [2.75, 3.05) is 19.6 Å². The first-order chi connectivity index (χ1) is 8.83. The van der Waals surface area contributed by atoms with Crippen LogP contribution in [0.4, 0.5) is 0 Å². The van der Waals surface area contributed by atoms with Gasteiger partial charge in [-0.1, -0.05) is 33.1 Å². The Morgan fingerprint density at radius 2 is 1.72 bits per heavy atom. The summed E-state index contributed by atoms with van der Waals surface area (Å²) in [5.74, 6) is 1.04. The van der Waals surface area contributed by atoms with Gasteiger partial charge in [-0.3, -0.25) is 4.90 Å². The highest BCUT2D eigenvalue weighted by Crippen LogP contribution is 2.30. The van der Waals surface area contributed by atoms with E-state index in [1.807, 2.05) is 0 Å². The Morgan fingerprint density at radius 1 is 1.00 bits per heavy atom. The lowest BCUT2D eigenvalue weighted by molar-refractivity contribution is 0.0980. The van der Waals surface area contributed by atoms with Crippen LogP contribution in [0, 0.1) is 5.92 Å². The summed E-state index contributed by atoms with van der Waals surface area (Å²) in [6, 6.07) is 1.66. The first-order valence-electron chi connectivity index (χ1n) is 8.30. The molecule has 0 aromatic rings. The van der Waals surface area contributed by atoms with Gasteiger partial charge in [-0.05, 0) is 38.0 Å². The van der Waals surface area contributed by atoms with E-state index < -0.39 is 0 Å². The summed E-state index contributed by atoms with van der Waals surface area (Å²) in [5, 5.41) is 3.68. The second-order valence-electron chi connectivity index (χ2n) is 6.40. The molecule has 0 aromatic heterocycles. The summed E-state index contributed by atoms with van der Waals surface area (Å²) in [6.45, 7) is 8.42. The lowest BCUT2D eigenvalue weighted by Gasteiger charge is -2.42. The van der Waals surface area contributed by atoms with Crippen LogP contribution < -0.4 is 5.32 Å². The first kappa shape index (κ1) is 14.3. The number of rotatable bonds is 5. The molecule has 0 amide bonds. The average molecular weight is 252 g/mol.